The second kappa shape index (κ2) is 7.44. The van der Waals surface area contributed by atoms with Gasteiger partial charge in [-0.25, -0.2) is 0 Å². The Balaban J connectivity index is 1.84. The number of nitrogens with zero attached hydrogens (tertiary/aromatic N) is 1. The summed E-state index contributed by atoms with van der Waals surface area (Å²) in [6.07, 6.45) is 4.83. The van der Waals surface area contributed by atoms with Crippen LogP contribution < -0.4 is 5.32 Å². The molecule has 1 unspecified atom stereocenters. The second-order valence-electron chi connectivity index (χ2n) is 5.83. The van der Waals surface area contributed by atoms with Gasteiger partial charge >= 0.3 is 0 Å². The summed E-state index contributed by atoms with van der Waals surface area (Å²) in [4.78, 5) is 14.3. The van der Waals surface area contributed by atoms with Crippen molar-refractivity contribution in [2.75, 3.05) is 20.1 Å². The Kier molecular flexibility index (Phi) is 5.60. The van der Waals surface area contributed by atoms with Crippen molar-refractivity contribution in [1.29, 1.82) is 0 Å². The molecular weight excluding hydrogens is 248 g/mol. The molecule has 110 valence electrons. The standard InChI is InChI=1S/C17H26N2O/c1-14-5-3-6-15(13-14)8-9-17(20)19(2)16-7-4-11-18-12-10-16/h3,5-6,13,16,18H,4,7-12H2,1-2H3. The molecule has 1 fully saturated rings. The Morgan fingerprint density at radius 1 is 1.35 bits per heavy atom. The molecule has 1 atom stereocenters. The van der Waals surface area contributed by atoms with Crippen molar-refractivity contribution in [3.05, 3.63) is 35.4 Å². The number of benzene rings is 1. The number of carbonyl (C=O) groups is 1. The topological polar surface area (TPSA) is 32.3 Å². The minimum Gasteiger partial charge on any atom is -0.343 e. The highest BCUT2D eigenvalue weighted by Gasteiger charge is 2.20. The predicted molar refractivity (Wildman–Crippen MR) is 82.8 cm³/mol. The van der Waals surface area contributed by atoms with Gasteiger partial charge in [0.15, 0.2) is 0 Å². The summed E-state index contributed by atoms with van der Waals surface area (Å²) < 4.78 is 0. The lowest BCUT2D eigenvalue weighted by Gasteiger charge is -2.27. The summed E-state index contributed by atoms with van der Waals surface area (Å²) in [5, 5.41) is 3.40. The van der Waals surface area contributed by atoms with Gasteiger partial charge in [0.25, 0.3) is 0 Å². The van der Waals surface area contributed by atoms with Gasteiger partial charge in [-0.2, -0.15) is 0 Å². The van der Waals surface area contributed by atoms with Crippen molar-refractivity contribution in [2.24, 2.45) is 0 Å². The van der Waals surface area contributed by atoms with Crippen LogP contribution in [0.4, 0.5) is 0 Å². The molecule has 20 heavy (non-hydrogen) atoms. The quantitative estimate of drug-likeness (QED) is 0.915. The van der Waals surface area contributed by atoms with Crippen LogP contribution in [0.25, 0.3) is 0 Å². The third-order valence-corrected chi connectivity index (χ3v) is 4.20. The first kappa shape index (κ1) is 15.0. The Morgan fingerprint density at radius 3 is 3.00 bits per heavy atom. The molecule has 0 bridgehead atoms. The predicted octanol–water partition coefficient (Wildman–Crippen LogP) is 2.53. The van der Waals surface area contributed by atoms with Crippen LogP contribution in [0.1, 0.15) is 36.8 Å². The first-order valence-corrected chi connectivity index (χ1v) is 7.69. The summed E-state index contributed by atoms with van der Waals surface area (Å²) in [6, 6.07) is 8.85. The third kappa shape index (κ3) is 4.34. The highest BCUT2D eigenvalue weighted by atomic mass is 16.2. The van der Waals surface area contributed by atoms with E-state index in [1.165, 1.54) is 17.5 Å². The van der Waals surface area contributed by atoms with E-state index in [-0.39, 0.29) is 5.91 Å². The lowest BCUT2D eigenvalue weighted by molar-refractivity contribution is -0.132. The first-order valence-electron chi connectivity index (χ1n) is 7.69. The number of aryl methyl sites for hydroxylation is 2. The SMILES string of the molecule is Cc1cccc(CCC(=O)N(C)C2CCCNCC2)c1. The summed E-state index contributed by atoms with van der Waals surface area (Å²) >= 11 is 0. The molecule has 1 amide bonds. The van der Waals surface area contributed by atoms with Crippen LogP contribution in [-0.2, 0) is 11.2 Å². The fourth-order valence-corrected chi connectivity index (χ4v) is 2.89. The van der Waals surface area contributed by atoms with Gasteiger partial charge < -0.3 is 10.2 Å². The molecular formula is C17H26N2O. The van der Waals surface area contributed by atoms with Gasteiger partial charge in [0, 0.05) is 19.5 Å². The average molecular weight is 274 g/mol. The zero-order valence-electron chi connectivity index (χ0n) is 12.7. The fraction of sp³-hybridized carbons (Fsp3) is 0.588. The summed E-state index contributed by atoms with van der Waals surface area (Å²) in [5.41, 5.74) is 2.52. The van der Waals surface area contributed by atoms with Crippen molar-refractivity contribution in [1.82, 2.24) is 10.2 Å². The minimum absolute atomic E-state index is 0.276. The van der Waals surface area contributed by atoms with Crippen LogP contribution in [0.2, 0.25) is 0 Å². The smallest absolute Gasteiger partial charge is 0.222 e. The number of amides is 1. The van der Waals surface area contributed by atoms with E-state index in [0.29, 0.717) is 12.5 Å². The van der Waals surface area contributed by atoms with E-state index in [4.69, 9.17) is 0 Å². The van der Waals surface area contributed by atoms with Gasteiger partial charge in [0.1, 0.15) is 0 Å². The summed E-state index contributed by atoms with van der Waals surface area (Å²) in [6.45, 7) is 4.21. The Labute approximate surface area is 122 Å². The zero-order chi connectivity index (χ0) is 14.4. The van der Waals surface area contributed by atoms with Gasteiger partial charge in [-0.1, -0.05) is 29.8 Å². The summed E-state index contributed by atoms with van der Waals surface area (Å²) in [7, 11) is 1.97. The number of hydrogen-bond acceptors (Lipinski definition) is 2. The molecule has 3 heteroatoms. The molecule has 0 radical (unpaired) electrons. The van der Waals surface area contributed by atoms with Gasteiger partial charge in [0.2, 0.25) is 5.91 Å². The number of rotatable bonds is 4. The first-order chi connectivity index (χ1) is 9.66. The van der Waals surface area contributed by atoms with Crippen molar-refractivity contribution in [3.8, 4) is 0 Å². The van der Waals surface area contributed by atoms with Crippen LogP contribution in [0.5, 0.6) is 0 Å². The highest BCUT2D eigenvalue weighted by molar-refractivity contribution is 5.76. The van der Waals surface area contributed by atoms with Crippen molar-refractivity contribution in [3.63, 3.8) is 0 Å². The van der Waals surface area contributed by atoms with Gasteiger partial charge in [-0.3, -0.25) is 4.79 Å². The van der Waals surface area contributed by atoms with Crippen LogP contribution in [0.15, 0.2) is 24.3 Å². The molecule has 1 aromatic rings. The Hall–Kier alpha value is -1.35. The van der Waals surface area contributed by atoms with Crippen LogP contribution >= 0.6 is 0 Å². The monoisotopic (exact) mass is 274 g/mol. The second-order valence-corrected chi connectivity index (χ2v) is 5.83. The molecule has 2 rings (SSSR count). The molecule has 1 N–H and O–H groups in total. The van der Waals surface area contributed by atoms with E-state index < -0.39 is 0 Å². The highest BCUT2D eigenvalue weighted by Crippen LogP contribution is 2.14. The van der Waals surface area contributed by atoms with E-state index in [2.05, 4.69) is 36.5 Å². The number of nitrogens with one attached hydrogen (secondary N) is 1. The van der Waals surface area contributed by atoms with Crippen molar-refractivity contribution < 1.29 is 4.79 Å². The normalized spacial score (nSPS) is 19.4. The average Bonchev–Trinajstić information content (AvgIpc) is 2.73. The third-order valence-electron chi connectivity index (χ3n) is 4.20. The molecule has 0 aliphatic carbocycles. The molecule has 1 aliphatic rings. The fourth-order valence-electron chi connectivity index (χ4n) is 2.89. The Bertz CT molecular complexity index is 436. The van der Waals surface area contributed by atoms with Crippen LogP contribution in [0, 0.1) is 6.92 Å². The van der Waals surface area contributed by atoms with Crippen molar-refractivity contribution in [2.45, 2.75) is 45.1 Å². The molecule has 1 aliphatic heterocycles. The molecule has 0 aromatic heterocycles. The number of hydrogen-bond donors (Lipinski definition) is 1. The molecule has 1 aromatic carbocycles. The number of carbonyl (C=O) groups excluding carboxylic acids is 1. The van der Waals surface area contributed by atoms with Crippen LogP contribution in [0.3, 0.4) is 0 Å². The molecule has 3 nitrogen and oxygen atoms in total. The van der Waals surface area contributed by atoms with Crippen LogP contribution in [-0.4, -0.2) is 37.0 Å². The largest absolute Gasteiger partial charge is 0.343 e. The van der Waals surface area contributed by atoms with Crippen molar-refractivity contribution >= 4 is 5.91 Å². The molecule has 1 heterocycles. The van der Waals surface area contributed by atoms with E-state index in [1.54, 1.807) is 0 Å². The Morgan fingerprint density at radius 2 is 2.20 bits per heavy atom. The van der Waals surface area contributed by atoms with Gasteiger partial charge in [0.05, 0.1) is 0 Å². The molecule has 0 saturated carbocycles. The maximum Gasteiger partial charge on any atom is 0.222 e. The minimum atomic E-state index is 0.276. The lowest BCUT2D eigenvalue weighted by Crippen LogP contribution is -2.37. The van der Waals surface area contributed by atoms with Gasteiger partial charge in [-0.05, 0) is 51.3 Å². The summed E-state index contributed by atoms with van der Waals surface area (Å²) in [5.74, 6) is 0.276. The molecule has 1 saturated heterocycles. The van der Waals surface area contributed by atoms with E-state index >= 15 is 0 Å². The maximum absolute atomic E-state index is 12.3. The van der Waals surface area contributed by atoms with E-state index in [9.17, 15) is 4.79 Å². The van der Waals surface area contributed by atoms with E-state index in [1.807, 2.05) is 11.9 Å². The van der Waals surface area contributed by atoms with Gasteiger partial charge in [-0.15, -0.1) is 0 Å². The zero-order valence-corrected chi connectivity index (χ0v) is 12.7. The lowest BCUT2D eigenvalue weighted by atomic mass is 10.0. The maximum atomic E-state index is 12.3. The molecule has 0 spiro atoms. The van der Waals surface area contributed by atoms with E-state index in [0.717, 1.165) is 32.4 Å².